The predicted molar refractivity (Wildman–Crippen MR) is 134 cm³/mol. The quantitative estimate of drug-likeness (QED) is 0.197. The number of allylic oxidation sites excluding steroid dienone is 1. The first-order valence-corrected chi connectivity index (χ1v) is 14.1. The molecule has 0 saturated heterocycles. The molecular formula is C24H21Br2F7O3S. The molecule has 0 aliphatic heterocycles. The van der Waals surface area contributed by atoms with Crippen LogP contribution in [0.1, 0.15) is 53.2 Å². The van der Waals surface area contributed by atoms with Crippen molar-refractivity contribution in [2.75, 3.05) is 11.5 Å². The van der Waals surface area contributed by atoms with Crippen LogP contribution in [0.15, 0.2) is 51.4 Å². The summed E-state index contributed by atoms with van der Waals surface area (Å²) in [7, 11) is -3.48. The molecule has 2 rings (SSSR count). The summed E-state index contributed by atoms with van der Waals surface area (Å²) in [6.07, 6.45) is -10.4. The van der Waals surface area contributed by atoms with Crippen molar-refractivity contribution >= 4 is 53.3 Å². The van der Waals surface area contributed by atoms with Gasteiger partial charge in [0.15, 0.2) is 5.78 Å². The van der Waals surface area contributed by atoms with Crippen LogP contribution in [0.5, 0.6) is 0 Å². The molecule has 2 atom stereocenters. The molecule has 2 aromatic rings. The number of Topliss-reactive ketones (excluding diaryl/α,β-unsaturated/α-hetero) is 1. The summed E-state index contributed by atoms with van der Waals surface area (Å²) in [5, 5.41) is 0. The number of carbonyl (C=O) groups is 1. The van der Waals surface area contributed by atoms with E-state index in [0.717, 1.165) is 18.2 Å². The average Bonchev–Trinajstić information content (AvgIpc) is 2.74. The van der Waals surface area contributed by atoms with E-state index in [2.05, 4.69) is 31.9 Å². The molecule has 0 saturated carbocycles. The van der Waals surface area contributed by atoms with Crippen LogP contribution in [0.4, 0.5) is 30.7 Å². The molecular weight excluding hydrogens is 661 g/mol. The van der Waals surface area contributed by atoms with E-state index in [9.17, 15) is 43.9 Å². The maximum Gasteiger partial charge on any atom is 0.417 e. The molecule has 0 aromatic heterocycles. The highest BCUT2D eigenvalue weighted by atomic mass is 79.9. The van der Waals surface area contributed by atoms with Crippen LogP contribution in [0.2, 0.25) is 0 Å². The lowest BCUT2D eigenvalue weighted by molar-refractivity contribution is -0.140. The number of alkyl halides is 6. The summed E-state index contributed by atoms with van der Waals surface area (Å²) < 4.78 is 121. The Balaban J connectivity index is 2.50. The second kappa shape index (κ2) is 12.0. The Labute approximate surface area is 226 Å². The molecule has 0 heterocycles. The van der Waals surface area contributed by atoms with Crippen LogP contribution in [0.3, 0.4) is 0 Å². The summed E-state index contributed by atoms with van der Waals surface area (Å²) in [5.41, 5.74) is -3.51. The maximum atomic E-state index is 15.0. The molecule has 204 valence electrons. The van der Waals surface area contributed by atoms with E-state index >= 15 is 0 Å². The van der Waals surface area contributed by atoms with Gasteiger partial charge in [0, 0.05) is 32.2 Å². The van der Waals surface area contributed by atoms with E-state index in [1.807, 2.05) is 0 Å². The normalized spacial score (nSPS) is 14.9. The van der Waals surface area contributed by atoms with E-state index < -0.39 is 74.5 Å². The molecule has 0 N–H and O–H groups in total. The minimum atomic E-state index is -5.13. The Morgan fingerprint density at radius 1 is 1.00 bits per heavy atom. The topological polar surface area (TPSA) is 51.2 Å². The first-order chi connectivity index (χ1) is 16.8. The predicted octanol–water partition coefficient (Wildman–Crippen LogP) is 8.53. The zero-order valence-corrected chi connectivity index (χ0v) is 23.3. The number of hydrogen-bond acceptors (Lipinski definition) is 3. The van der Waals surface area contributed by atoms with Crippen LogP contribution < -0.4 is 0 Å². The Morgan fingerprint density at radius 3 is 2.05 bits per heavy atom. The van der Waals surface area contributed by atoms with E-state index in [1.165, 1.54) is 19.9 Å². The van der Waals surface area contributed by atoms with Crippen molar-refractivity contribution in [3.05, 3.63) is 73.7 Å². The van der Waals surface area contributed by atoms with Crippen molar-refractivity contribution in [2.45, 2.75) is 38.5 Å². The van der Waals surface area contributed by atoms with Gasteiger partial charge in [0.25, 0.3) is 0 Å². The number of halogens is 9. The lowest BCUT2D eigenvalue weighted by Gasteiger charge is -2.19. The van der Waals surface area contributed by atoms with E-state index in [0.29, 0.717) is 6.07 Å². The van der Waals surface area contributed by atoms with Gasteiger partial charge in [-0.25, -0.2) is 12.8 Å². The molecule has 13 heteroatoms. The molecule has 0 aliphatic carbocycles. The minimum Gasteiger partial charge on any atom is -0.294 e. The van der Waals surface area contributed by atoms with Gasteiger partial charge in [-0.05, 0) is 41.8 Å². The molecule has 37 heavy (non-hydrogen) atoms. The van der Waals surface area contributed by atoms with Crippen molar-refractivity contribution in [1.29, 1.82) is 0 Å². The highest BCUT2D eigenvalue weighted by Gasteiger charge is 2.41. The van der Waals surface area contributed by atoms with Gasteiger partial charge in [0.05, 0.1) is 11.3 Å². The van der Waals surface area contributed by atoms with Crippen molar-refractivity contribution in [2.24, 2.45) is 5.92 Å². The minimum absolute atomic E-state index is 0.170. The van der Waals surface area contributed by atoms with Crippen molar-refractivity contribution in [1.82, 2.24) is 0 Å². The van der Waals surface area contributed by atoms with Crippen LogP contribution in [0, 0.1) is 5.92 Å². The van der Waals surface area contributed by atoms with Crippen LogP contribution in [-0.4, -0.2) is 31.9 Å². The summed E-state index contributed by atoms with van der Waals surface area (Å²) in [5.74, 6) is -6.45. The largest absolute Gasteiger partial charge is 0.417 e. The fraction of sp³-hybridized carbons (Fsp3) is 0.375. The number of rotatable bonds is 9. The van der Waals surface area contributed by atoms with E-state index in [4.69, 9.17) is 0 Å². The highest BCUT2D eigenvalue weighted by Crippen LogP contribution is 2.41. The summed E-state index contributed by atoms with van der Waals surface area (Å²) in [6.45, 7) is 2.79. The van der Waals surface area contributed by atoms with Gasteiger partial charge in [0.1, 0.15) is 21.6 Å². The summed E-state index contributed by atoms with van der Waals surface area (Å²) in [4.78, 5) is 12.6. The number of ketones is 1. The monoisotopic (exact) mass is 680 g/mol. The van der Waals surface area contributed by atoms with Crippen molar-refractivity contribution < 1.29 is 43.9 Å². The van der Waals surface area contributed by atoms with Crippen LogP contribution in [-0.2, 0) is 16.0 Å². The van der Waals surface area contributed by atoms with Crippen molar-refractivity contribution in [3.8, 4) is 0 Å². The summed E-state index contributed by atoms with van der Waals surface area (Å²) in [6, 6.07) is 5.42. The molecule has 0 radical (unpaired) electrons. The Kier molecular flexibility index (Phi) is 10.2. The lowest BCUT2D eigenvalue weighted by Crippen LogP contribution is -2.20. The van der Waals surface area contributed by atoms with Gasteiger partial charge < -0.3 is 0 Å². The fourth-order valence-corrected chi connectivity index (χ4v) is 6.13. The SMILES string of the molecule is CCS(=O)(=O)C[C@@H](C)CC(=O)c1ccc(/C(F)=C/C(c2cc(Br)cc(Br)c2)C(F)(F)F)cc1C(F)(F)F. The van der Waals surface area contributed by atoms with Gasteiger partial charge in [-0.15, -0.1) is 0 Å². The molecule has 3 nitrogen and oxygen atoms in total. The van der Waals surface area contributed by atoms with Gasteiger partial charge in [-0.2, -0.15) is 26.3 Å². The van der Waals surface area contributed by atoms with Crippen LogP contribution >= 0.6 is 31.9 Å². The average molecular weight is 682 g/mol. The fourth-order valence-electron chi connectivity index (χ4n) is 3.58. The maximum absolute atomic E-state index is 15.0. The molecule has 0 aliphatic rings. The number of hydrogen-bond donors (Lipinski definition) is 0. The molecule has 0 fully saturated rings. The number of carbonyl (C=O) groups excluding carboxylic acids is 1. The first-order valence-electron chi connectivity index (χ1n) is 10.7. The highest BCUT2D eigenvalue weighted by molar-refractivity contribution is 9.11. The first kappa shape index (κ1) is 31.5. The van der Waals surface area contributed by atoms with E-state index in [1.54, 1.807) is 0 Å². The molecule has 0 bridgehead atoms. The molecule has 0 amide bonds. The third-order valence-electron chi connectivity index (χ3n) is 5.32. The second-order valence-electron chi connectivity index (χ2n) is 8.43. The smallest absolute Gasteiger partial charge is 0.294 e. The molecule has 1 unspecified atom stereocenters. The van der Waals surface area contributed by atoms with Gasteiger partial charge in [0.2, 0.25) is 0 Å². The number of sulfone groups is 1. The Morgan fingerprint density at radius 2 is 1.57 bits per heavy atom. The third kappa shape index (κ3) is 8.91. The van der Waals surface area contributed by atoms with Gasteiger partial charge in [-0.1, -0.05) is 57.8 Å². The van der Waals surface area contributed by atoms with Crippen LogP contribution in [0.25, 0.3) is 5.83 Å². The second-order valence-corrected chi connectivity index (χ2v) is 12.7. The number of benzene rings is 2. The van der Waals surface area contributed by atoms with Gasteiger partial charge >= 0.3 is 12.4 Å². The van der Waals surface area contributed by atoms with Gasteiger partial charge in [-0.3, -0.25) is 4.79 Å². The van der Waals surface area contributed by atoms with E-state index in [-0.39, 0.29) is 32.4 Å². The van der Waals surface area contributed by atoms with Crippen molar-refractivity contribution in [3.63, 3.8) is 0 Å². The zero-order chi connectivity index (χ0) is 28.3. The third-order valence-corrected chi connectivity index (χ3v) is 8.20. The standard InChI is InChI=1S/C24H21Br2F7O3S/c1-3-37(35,36)12-13(2)6-22(34)18-5-4-14(9-20(18)24(31,32)33)21(27)11-19(23(28,29)30)15-7-16(25)10-17(26)8-15/h4-5,7-11,13,19H,3,6,12H2,1-2H3/b21-11-/t13-,19?/m0/s1. The Hall–Kier alpha value is -1.73. The summed E-state index contributed by atoms with van der Waals surface area (Å²) >= 11 is 6.09. The molecule has 2 aromatic carbocycles. The zero-order valence-electron chi connectivity index (χ0n) is 19.4. The molecule has 0 spiro atoms. The lowest BCUT2D eigenvalue weighted by atomic mass is 9.93. The Bertz CT molecular complexity index is 1270.